The van der Waals surface area contributed by atoms with Crippen molar-refractivity contribution in [2.45, 2.75) is 37.8 Å². The van der Waals surface area contributed by atoms with Crippen molar-refractivity contribution in [3.8, 4) is 0 Å². The van der Waals surface area contributed by atoms with Gasteiger partial charge in [-0.3, -0.25) is 9.52 Å². The van der Waals surface area contributed by atoms with E-state index < -0.39 is 10.0 Å². The van der Waals surface area contributed by atoms with Crippen LogP contribution in [0.4, 0.5) is 5.69 Å². The molecule has 0 unspecified atom stereocenters. The highest BCUT2D eigenvalue weighted by molar-refractivity contribution is 7.94. The van der Waals surface area contributed by atoms with E-state index in [0.29, 0.717) is 22.7 Å². The minimum Gasteiger partial charge on any atom is -0.315 e. The van der Waals surface area contributed by atoms with E-state index in [1.165, 1.54) is 0 Å². The van der Waals surface area contributed by atoms with E-state index in [4.69, 9.17) is 0 Å². The van der Waals surface area contributed by atoms with Crippen LogP contribution < -0.4 is 9.60 Å². The molecule has 0 spiro atoms. The van der Waals surface area contributed by atoms with Gasteiger partial charge in [-0.1, -0.05) is 43.4 Å². The van der Waals surface area contributed by atoms with Gasteiger partial charge in [-0.25, -0.2) is 8.42 Å². The molecule has 1 heterocycles. The van der Waals surface area contributed by atoms with Crippen LogP contribution in [0.25, 0.3) is 0 Å². The van der Waals surface area contributed by atoms with E-state index in [2.05, 4.69) is 9.71 Å². The number of H-pyrrole nitrogens is 1. The summed E-state index contributed by atoms with van der Waals surface area (Å²) in [6.45, 7) is 7.45. The molecule has 0 aliphatic carbocycles. The van der Waals surface area contributed by atoms with Gasteiger partial charge in [0.1, 0.15) is 0 Å². The maximum absolute atomic E-state index is 12.5. The topological polar surface area (TPSA) is 79.0 Å². The van der Waals surface area contributed by atoms with Gasteiger partial charge in [0.2, 0.25) is 0 Å². The van der Waals surface area contributed by atoms with Crippen LogP contribution >= 0.6 is 11.3 Å². The first-order valence-electron chi connectivity index (χ1n) is 6.54. The SMILES string of the molecule is Cc1cccc(C(C)C)c1NS(=O)(=O)c1sc(=O)[nH]c1C. The second kappa shape index (κ2) is 5.65. The summed E-state index contributed by atoms with van der Waals surface area (Å²) in [5, 5.41) is 0. The molecule has 114 valence electrons. The van der Waals surface area contributed by atoms with Gasteiger partial charge in [0.15, 0.2) is 4.21 Å². The lowest BCUT2D eigenvalue weighted by Crippen LogP contribution is -2.15. The summed E-state index contributed by atoms with van der Waals surface area (Å²) in [7, 11) is -3.76. The molecule has 1 aromatic carbocycles. The Balaban J connectivity index is 2.52. The second-order valence-electron chi connectivity index (χ2n) is 5.23. The fraction of sp³-hybridized carbons (Fsp3) is 0.357. The number of rotatable bonds is 4. The molecule has 5 nitrogen and oxygen atoms in total. The van der Waals surface area contributed by atoms with Crippen molar-refractivity contribution in [2.24, 2.45) is 0 Å². The fourth-order valence-corrected chi connectivity index (χ4v) is 4.60. The van der Waals surface area contributed by atoms with Crippen molar-refractivity contribution in [1.29, 1.82) is 0 Å². The Kier molecular flexibility index (Phi) is 4.25. The number of anilines is 1. The normalized spacial score (nSPS) is 11.9. The first-order valence-corrected chi connectivity index (χ1v) is 8.84. The van der Waals surface area contributed by atoms with Gasteiger partial charge in [-0.15, -0.1) is 0 Å². The highest BCUT2D eigenvalue weighted by Gasteiger charge is 2.23. The van der Waals surface area contributed by atoms with Crippen molar-refractivity contribution >= 4 is 27.0 Å². The molecule has 1 aromatic heterocycles. The number of thiazole rings is 1. The Morgan fingerprint density at radius 1 is 1.24 bits per heavy atom. The number of aromatic amines is 1. The van der Waals surface area contributed by atoms with Gasteiger partial charge < -0.3 is 4.98 Å². The van der Waals surface area contributed by atoms with Crippen molar-refractivity contribution < 1.29 is 8.42 Å². The van der Waals surface area contributed by atoms with E-state index >= 15 is 0 Å². The third-order valence-corrected chi connectivity index (χ3v) is 6.14. The molecule has 21 heavy (non-hydrogen) atoms. The van der Waals surface area contributed by atoms with Gasteiger partial charge in [0, 0.05) is 5.69 Å². The van der Waals surface area contributed by atoms with Crippen LogP contribution in [0.5, 0.6) is 0 Å². The molecule has 0 radical (unpaired) electrons. The highest BCUT2D eigenvalue weighted by atomic mass is 32.2. The van der Waals surface area contributed by atoms with E-state index in [1.54, 1.807) is 6.92 Å². The number of sulfonamides is 1. The monoisotopic (exact) mass is 326 g/mol. The van der Waals surface area contributed by atoms with Gasteiger partial charge >= 0.3 is 4.87 Å². The summed E-state index contributed by atoms with van der Waals surface area (Å²) in [6.07, 6.45) is 0. The Morgan fingerprint density at radius 3 is 2.43 bits per heavy atom. The van der Waals surface area contributed by atoms with Crippen molar-refractivity contribution in [3.05, 3.63) is 44.7 Å². The number of para-hydroxylation sites is 1. The average molecular weight is 326 g/mol. The van der Waals surface area contributed by atoms with Crippen LogP contribution in [0.3, 0.4) is 0 Å². The molecular formula is C14H18N2O3S2. The zero-order valence-corrected chi connectivity index (χ0v) is 14.0. The second-order valence-corrected chi connectivity index (χ2v) is 8.09. The summed E-state index contributed by atoms with van der Waals surface area (Å²) in [5.74, 6) is 0.189. The van der Waals surface area contributed by atoms with Gasteiger partial charge in [-0.05, 0) is 30.9 Å². The van der Waals surface area contributed by atoms with E-state index in [0.717, 1.165) is 11.1 Å². The van der Waals surface area contributed by atoms with Crippen molar-refractivity contribution in [1.82, 2.24) is 4.98 Å². The van der Waals surface area contributed by atoms with Crippen LogP contribution in [0.1, 0.15) is 36.6 Å². The first kappa shape index (κ1) is 15.8. The average Bonchev–Trinajstić information content (AvgIpc) is 2.71. The molecular weight excluding hydrogens is 308 g/mol. The third kappa shape index (κ3) is 3.19. The zero-order valence-electron chi connectivity index (χ0n) is 12.4. The van der Waals surface area contributed by atoms with Crippen molar-refractivity contribution in [3.63, 3.8) is 0 Å². The van der Waals surface area contributed by atoms with E-state index in [-0.39, 0.29) is 15.0 Å². The Morgan fingerprint density at radius 2 is 1.90 bits per heavy atom. The molecule has 0 atom stereocenters. The molecule has 0 aliphatic heterocycles. The summed E-state index contributed by atoms with van der Waals surface area (Å²) in [4.78, 5) is 13.4. The number of aryl methyl sites for hydroxylation is 2. The molecule has 0 bridgehead atoms. The Bertz CT molecular complexity index is 817. The lowest BCUT2D eigenvalue weighted by Gasteiger charge is -2.17. The van der Waals surface area contributed by atoms with Crippen LogP contribution in [0.2, 0.25) is 0 Å². The van der Waals surface area contributed by atoms with Crippen LogP contribution in [0.15, 0.2) is 27.2 Å². The summed E-state index contributed by atoms with van der Waals surface area (Å²) >= 11 is 0.699. The quantitative estimate of drug-likeness (QED) is 0.906. The molecule has 0 aliphatic rings. The number of aromatic nitrogens is 1. The van der Waals surface area contributed by atoms with Gasteiger partial charge in [0.25, 0.3) is 10.0 Å². The first-order chi connectivity index (χ1) is 9.72. The summed E-state index contributed by atoms with van der Waals surface area (Å²) in [6, 6.07) is 5.67. The lowest BCUT2D eigenvalue weighted by atomic mass is 9.99. The minimum atomic E-state index is -3.76. The fourth-order valence-electron chi connectivity index (χ4n) is 2.14. The van der Waals surface area contributed by atoms with E-state index in [1.807, 2.05) is 39.0 Å². The van der Waals surface area contributed by atoms with E-state index in [9.17, 15) is 13.2 Å². The maximum atomic E-state index is 12.5. The summed E-state index contributed by atoms with van der Waals surface area (Å²) in [5.41, 5.74) is 2.73. The zero-order chi connectivity index (χ0) is 15.8. The Hall–Kier alpha value is -1.60. The smallest absolute Gasteiger partial charge is 0.306 e. The largest absolute Gasteiger partial charge is 0.315 e. The number of nitrogens with one attached hydrogen (secondary N) is 2. The molecule has 2 aromatic rings. The molecule has 2 rings (SSSR count). The molecule has 2 N–H and O–H groups in total. The molecule has 0 saturated carbocycles. The minimum absolute atomic E-state index is 0.0328. The Labute approximate surface area is 128 Å². The number of hydrogen-bond acceptors (Lipinski definition) is 4. The number of hydrogen-bond donors (Lipinski definition) is 2. The molecule has 0 fully saturated rings. The highest BCUT2D eigenvalue weighted by Crippen LogP contribution is 2.30. The maximum Gasteiger partial charge on any atom is 0.306 e. The van der Waals surface area contributed by atoms with Crippen molar-refractivity contribution in [2.75, 3.05) is 4.72 Å². The molecule has 0 saturated heterocycles. The van der Waals surface area contributed by atoms with Crippen LogP contribution in [-0.2, 0) is 10.0 Å². The molecule has 7 heteroatoms. The summed E-state index contributed by atoms with van der Waals surface area (Å²) < 4.78 is 27.7. The van der Waals surface area contributed by atoms with Gasteiger partial charge in [0.05, 0.1) is 5.69 Å². The van der Waals surface area contributed by atoms with Gasteiger partial charge in [-0.2, -0.15) is 0 Å². The van der Waals surface area contributed by atoms with Crippen LogP contribution in [-0.4, -0.2) is 13.4 Å². The third-order valence-electron chi connectivity index (χ3n) is 3.19. The molecule has 0 amide bonds. The predicted octanol–water partition coefficient (Wildman–Crippen LogP) is 2.98. The standard InChI is InChI=1S/C14H18N2O3S2/c1-8(2)11-7-5-6-9(3)12(11)16-21(18,19)13-10(4)15-14(17)20-13/h5-8,16H,1-4H3,(H,15,17). The van der Waals surface area contributed by atoms with Crippen LogP contribution in [0, 0.1) is 13.8 Å². The predicted molar refractivity (Wildman–Crippen MR) is 85.8 cm³/mol. The lowest BCUT2D eigenvalue weighted by molar-refractivity contribution is 0.602. The number of benzene rings is 1.